The number of carboxylic acids is 1. The quantitative estimate of drug-likeness (QED) is 0.699. The average Bonchev–Trinajstić information content (AvgIpc) is 2.50. The highest BCUT2D eigenvalue weighted by Gasteiger charge is 2.08. The molecule has 1 rings (SSSR count). The molecule has 0 amide bonds. The van der Waals surface area contributed by atoms with Crippen molar-refractivity contribution >= 4 is 11.5 Å². The van der Waals surface area contributed by atoms with E-state index in [0.29, 0.717) is 6.54 Å². The Morgan fingerprint density at radius 3 is 2.57 bits per heavy atom. The van der Waals surface area contributed by atoms with Crippen LogP contribution in [0, 0.1) is 6.92 Å². The second-order valence-electron chi connectivity index (χ2n) is 5.41. The second-order valence-corrected chi connectivity index (χ2v) is 5.41. The fourth-order valence-electron chi connectivity index (χ4n) is 2.39. The SMILES string of the molecule is C=C/C=C(C=C)/C(=C\CCN(C)CC(=O)O)c1ccccc1C. The van der Waals surface area contributed by atoms with Crippen molar-refractivity contribution in [3.8, 4) is 0 Å². The number of aliphatic carboxylic acids is 1. The van der Waals surface area contributed by atoms with Gasteiger partial charge in [0.1, 0.15) is 0 Å². The van der Waals surface area contributed by atoms with Gasteiger partial charge < -0.3 is 5.11 Å². The van der Waals surface area contributed by atoms with Gasteiger partial charge in [-0.15, -0.1) is 0 Å². The molecule has 0 fully saturated rings. The largest absolute Gasteiger partial charge is 0.480 e. The standard InChI is InChI=1S/C20H25NO2/c1-5-10-17(6-2)19(18-12-8-7-11-16(18)3)13-9-14-21(4)15-20(22)23/h5-8,10-13H,1-2,9,14-15H2,3-4H3,(H,22,23)/b17-10+,19-13+. The summed E-state index contributed by atoms with van der Waals surface area (Å²) in [5.41, 5.74) is 4.45. The van der Waals surface area contributed by atoms with Crippen LogP contribution in [0.3, 0.4) is 0 Å². The molecule has 1 aromatic carbocycles. The van der Waals surface area contributed by atoms with Gasteiger partial charge in [0.25, 0.3) is 0 Å². The monoisotopic (exact) mass is 311 g/mol. The molecule has 0 saturated carbocycles. The lowest BCUT2D eigenvalue weighted by Crippen LogP contribution is -2.26. The Morgan fingerprint density at radius 1 is 1.30 bits per heavy atom. The number of carboxylic acid groups (broad SMARTS) is 1. The molecule has 0 aliphatic rings. The Kier molecular flexibility index (Phi) is 7.78. The molecule has 23 heavy (non-hydrogen) atoms. The molecule has 1 aromatic rings. The van der Waals surface area contributed by atoms with E-state index in [0.717, 1.165) is 23.1 Å². The van der Waals surface area contributed by atoms with Crippen molar-refractivity contribution in [2.75, 3.05) is 20.1 Å². The molecule has 0 aliphatic heterocycles. The third-order valence-electron chi connectivity index (χ3n) is 3.53. The van der Waals surface area contributed by atoms with Gasteiger partial charge in [-0.3, -0.25) is 9.69 Å². The molecule has 0 saturated heterocycles. The smallest absolute Gasteiger partial charge is 0.317 e. The van der Waals surface area contributed by atoms with Crippen molar-refractivity contribution in [3.05, 3.63) is 78.4 Å². The van der Waals surface area contributed by atoms with Gasteiger partial charge in [-0.25, -0.2) is 0 Å². The van der Waals surface area contributed by atoms with Crippen molar-refractivity contribution < 1.29 is 9.90 Å². The molecule has 0 aliphatic carbocycles. The molecule has 0 radical (unpaired) electrons. The minimum atomic E-state index is -0.811. The van der Waals surface area contributed by atoms with Crippen LogP contribution in [0.4, 0.5) is 0 Å². The summed E-state index contributed by atoms with van der Waals surface area (Å²) in [6.45, 7) is 10.5. The first kappa shape index (κ1) is 18.7. The summed E-state index contributed by atoms with van der Waals surface area (Å²) in [4.78, 5) is 12.5. The second kappa shape index (κ2) is 9.59. The molecule has 3 nitrogen and oxygen atoms in total. The summed E-state index contributed by atoms with van der Waals surface area (Å²) in [6.07, 6.45) is 8.40. The highest BCUT2D eigenvalue weighted by molar-refractivity contribution is 5.83. The molecule has 1 N–H and O–H groups in total. The fourth-order valence-corrected chi connectivity index (χ4v) is 2.39. The van der Waals surface area contributed by atoms with Gasteiger partial charge in [-0.05, 0) is 42.7 Å². The molecular formula is C20H25NO2. The maximum absolute atomic E-state index is 10.7. The highest BCUT2D eigenvalue weighted by Crippen LogP contribution is 2.27. The van der Waals surface area contributed by atoms with E-state index in [2.05, 4.69) is 38.3 Å². The van der Waals surface area contributed by atoms with Crippen LogP contribution in [0.5, 0.6) is 0 Å². The van der Waals surface area contributed by atoms with Gasteiger partial charge in [-0.1, -0.05) is 61.7 Å². The van der Waals surface area contributed by atoms with E-state index in [1.54, 1.807) is 11.0 Å². The van der Waals surface area contributed by atoms with E-state index >= 15 is 0 Å². The first-order valence-corrected chi connectivity index (χ1v) is 7.61. The van der Waals surface area contributed by atoms with Crippen LogP contribution >= 0.6 is 0 Å². The van der Waals surface area contributed by atoms with Crippen LogP contribution in [-0.4, -0.2) is 36.1 Å². The third-order valence-corrected chi connectivity index (χ3v) is 3.53. The van der Waals surface area contributed by atoms with Crippen molar-refractivity contribution in [2.24, 2.45) is 0 Å². The zero-order valence-electron chi connectivity index (χ0n) is 14.0. The Bertz CT molecular complexity index is 626. The fraction of sp³-hybridized carbons (Fsp3) is 0.250. The maximum Gasteiger partial charge on any atom is 0.317 e. The van der Waals surface area contributed by atoms with E-state index in [4.69, 9.17) is 5.11 Å². The van der Waals surface area contributed by atoms with E-state index in [-0.39, 0.29) is 6.54 Å². The predicted octanol–water partition coefficient (Wildman–Crippen LogP) is 4.08. The summed E-state index contributed by atoms with van der Waals surface area (Å²) in [7, 11) is 1.81. The summed E-state index contributed by atoms with van der Waals surface area (Å²) >= 11 is 0. The molecule has 0 atom stereocenters. The number of likely N-dealkylation sites (N-methyl/N-ethyl adjacent to an activating group) is 1. The van der Waals surface area contributed by atoms with Crippen molar-refractivity contribution in [1.82, 2.24) is 4.90 Å². The van der Waals surface area contributed by atoms with Crippen LogP contribution in [0.25, 0.3) is 5.57 Å². The number of nitrogens with zero attached hydrogens (tertiary/aromatic N) is 1. The van der Waals surface area contributed by atoms with E-state index in [1.807, 2.05) is 31.3 Å². The topological polar surface area (TPSA) is 40.5 Å². The first-order valence-electron chi connectivity index (χ1n) is 7.61. The summed E-state index contributed by atoms with van der Waals surface area (Å²) in [5.74, 6) is -0.811. The van der Waals surface area contributed by atoms with Gasteiger partial charge in [0.2, 0.25) is 0 Å². The average molecular weight is 311 g/mol. The van der Waals surface area contributed by atoms with Gasteiger partial charge in [-0.2, -0.15) is 0 Å². The molecule has 0 spiro atoms. The zero-order valence-corrected chi connectivity index (χ0v) is 14.0. The summed E-state index contributed by atoms with van der Waals surface area (Å²) < 4.78 is 0. The van der Waals surface area contributed by atoms with Crippen molar-refractivity contribution in [3.63, 3.8) is 0 Å². The van der Waals surface area contributed by atoms with Crippen LogP contribution in [-0.2, 0) is 4.79 Å². The molecule has 0 aromatic heterocycles. The van der Waals surface area contributed by atoms with Gasteiger partial charge in [0.05, 0.1) is 6.54 Å². The Labute approximate surface area is 138 Å². The van der Waals surface area contributed by atoms with E-state index in [9.17, 15) is 4.79 Å². The predicted molar refractivity (Wildman–Crippen MR) is 97.4 cm³/mol. The summed E-state index contributed by atoms with van der Waals surface area (Å²) in [6, 6.07) is 8.19. The minimum Gasteiger partial charge on any atom is -0.480 e. The Morgan fingerprint density at radius 2 is 2.00 bits per heavy atom. The van der Waals surface area contributed by atoms with Gasteiger partial charge in [0, 0.05) is 6.54 Å². The molecule has 122 valence electrons. The van der Waals surface area contributed by atoms with Crippen LogP contribution in [0.2, 0.25) is 0 Å². The normalized spacial score (nSPS) is 12.3. The van der Waals surface area contributed by atoms with E-state index < -0.39 is 5.97 Å². The number of aryl methyl sites for hydroxylation is 1. The van der Waals surface area contributed by atoms with Crippen LogP contribution in [0.1, 0.15) is 17.5 Å². The number of hydrogen-bond donors (Lipinski definition) is 1. The van der Waals surface area contributed by atoms with Gasteiger partial charge >= 0.3 is 5.97 Å². The van der Waals surface area contributed by atoms with Crippen molar-refractivity contribution in [1.29, 1.82) is 0 Å². The number of rotatable bonds is 9. The lowest BCUT2D eigenvalue weighted by Gasteiger charge is -2.15. The number of allylic oxidation sites excluding steroid dienone is 5. The number of hydrogen-bond acceptors (Lipinski definition) is 2. The van der Waals surface area contributed by atoms with E-state index in [1.165, 1.54) is 5.56 Å². The Balaban J connectivity index is 3.05. The zero-order chi connectivity index (χ0) is 17.2. The van der Waals surface area contributed by atoms with Crippen molar-refractivity contribution in [2.45, 2.75) is 13.3 Å². The first-order chi connectivity index (χ1) is 11.0. The number of carbonyl (C=O) groups is 1. The molecular weight excluding hydrogens is 286 g/mol. The molecule has 0 unspecified atom stereocenters. The third kappa shape index (κ3) is 6.09. The molecule has 0 bridgehead atoms. The number of benzene rings is 1. The maximum atomic E-state index is 10.7. The van der Waals surface area contributed by atoms with Gasteiger partial charge in [0.15, 0.2) is 0 Å². The lowest BCUT2D eigenvalue weighted by molar-refractivity contribution is -0.137. The van der Waals surface area contributed by atoms with Crippen LogP contribution in [0.15, 0.2) is 67.3 Å². The minimum absolute atomic E-state index is 0.0460. The lowest BCUT2D eigenvalue weighted by atomic mass is 9.93. The Hall–Kier alpha value is -2.39. The molecule has 0 heterocycles. The molecule has 3 heteroatoms. The highest BCUT2D eigenvalue weighted by atomic mass is 16.4. The summed E-state index contributed by atoms with van der Waals surface area (Å²) in [5, 5.41) is 8.81. The van der Waals surface area contributed by atoms with Crippen LogP contribution < -0.4 is 0 Å².